The van der Waals surface area contributed by atoms with Gasteiger partial charge in [-0.25, -0.2) is 0 Å². The van der Waals surface area contributed by atoms with Crippen molar-refractivity contribution in [2.24, 2.45) is 0 Å². The Morgan fingerprint density at radius 2 is 2.39 bits per heavy atom. The van der Waals surface area contributed by atoms with E-state index in [1.165, 1.54) is 0 Å². The van der Waals surface area contributed by atoms with Crippen molar-refractivity contribution < 1.29 is 9.53 Å². The van der Waals surface area contributed by atoms with Crippen molar-refractivity contribution >= 4 is 33.4 Å². The van der Waals surface area contributed by atoms with E-state index in [2.05, 4.69) is 15.9 Å². The minimum absolute atomic E-state index is 0.0315. The molecule has 0 N–H and O–H groups in total. The maximum atomic E-state index is 12.4. The topological polar surface area (TPSA) is 29.5 Å². The lowest BCUT2D eigenvalue weighted by Gasteiger charge is -2.32. The average Bonchev–Trinajstić information content (AvgIpc) is 2.41. The molecule has 0 aliphatic carbocycles. The largest absolute Gasteiger partial charge is 0.373 e. The highest BCUT2D eigenvalue weighted by atomic mass is 79.9. The Morgan fingerprint density at radius 1 is 1.61 bits per heavy atom. The third-order valence-electron chi connectivity index (χ3n) is 2.95. The van der Waals surface area contributed by atoms with Gasteiger partial charge in [0.15, 0.2) is 0 Å². The van der Waals surface area contributed by atoms with E-state index in [9.17, 15) is 4.79 Å². The average molecular weight is 333 g/mol. The predicted octanol–water partition coefficient (Wildman–Crippen LogP) is 2.84. The highest BCUT2D eigenvalue weighted by molar-refractivity contribution is 9.10. The minimum atomic E-state index is -0.0621. The van der Waals surface area contributed by atoms with Crippen LogP contribution in [0.1, 0.15) is 15.9 Å². The maximum absolute atomic E-state index is 12.4. The van der Waals surface area contributed by atoms with Crippen molar-refractivity contribution in [1.29, 1.82) is 0 Å². The quantitative estimate of drug-likeness (QED) is 0.780. The maximum Gasteiger partial charge on any atom is 0.255 e. The van der Waals surface area contributed by atoms with Crippen LogP contribution in [0.2, 0.25) is 0 Å². The molecule has 0 radical (unpaired) electrons. The van der Waals surface area contributed by atoms with E-state index < -0.39 is 0 Å². The summed E-state index contributed by atoms with van der Waals surface area (Å²) in [6, 6.07) is 5.78. The van der Waals surface area contributed by atoms with E-state index in [1.54, 1.807) is 4.90 Å². The first-order valence-corrected chi connectivity index (χ1v) is 7.17. The summed E-state index contributed by atoms with van der Waals surface area (Å²) in [6.07, 6.45) is -0.0621. The van der Waals surface area contributed by atoms with Crippen molar-refractivity contribution in [3.05, 3.63) is 33.8 Å². The molecule has 0 bridgehead atoms. The number of morpholine rings is 1. The van der Waals surface area contributed by atoms with Crippen molar-refractivity contribution in [2.75, 3.05) is 25.6 Å². The van der Waals surface area contributed by atoms with Crippen LogP contribution in [-0.2, 0) is 4.74 Å². The molecule has 1 unspecified atom stereocenters. The number of hydrogen-bond donors (Lipinski definition) is 0. The number of carbonyl (C=O) groups excluding carboxylic acids is 1. The van der Waals surface area contributed by atoms with E-state index in [1.807, 2.05) is 25.1 Å². The van der Waals surface area contributed by atoms with Gasteiger partial charge in [0.05, 0.1) is 24.2 Å². The van der Waals surface area contributed by atoms with Gasteiger partial charge in [-0.3, -0.25) is 4.79 Å². The molecule has 0 saturated carbocycles. The van der Waals surface area contributed by atoms with Crippen LogP contribution < -0.4 is 0 Å². The molecular formula is C13H15BrClNO2. The summed E-state index contributed by atoms with van der Waals surface area (Å²) in [5.74, 6) is 0.447. The van der Waals surface area contributed by atoms with Crippen molar-refractivity contribution in [2.45, 2.75) is 13.0 Å². The molecule has 1 amide bonds. The number of amides is 1. The van der Waals surface area contributed by atoms with Crippen molar-refractivity contribution in [1.82, 2.24) is 4.90 Å². The Hall–Kier alpha value is -0.580. The number of rotatable bonds is 2. The normalized spacial score (nSPS) is 19.9. The lowest BCUT2D eigenvalue weighted by molar-refractivity contribution is -0.0108. The molecule has 98 valence electrons. The van der Waals surface area contributed by atoms with E-state index in [4.69, 9.17) is 16.3 Å². The zero-order valence-electron chi connectivity index (χ0n) is 10.2. The Morgan fingerprint density at radius 3 is 3.11 bits per heavy atom. The standard InChI is InChI=1S/C13H15BrClNO2/c1-9-2-3-12(14)11(6-9)13(17)16-4-5-18-10(7-15)8-16/h2-3,6,10H,4-5,7-8H2,1H3. The van der Waals surface area contributed by atoms with Crippen molar-refractivity contribution in [3.8, 4) is 0 Å². The van der Waals surface area contributed by atoms with E-state index in [-0.39, 0.29) is 12.0 Å². The second kappa shape index (κ2) is 6.04. The Balaban J connectivity index is 2.17. The van der Waals surface area contributed by atoms with Gasteiger partial charge in [-0.05, 0) is 35.0 Å². The zero-order valence-corrected chi connectivity index (χ0v) is 12.5. The lowest BCUT2D eigenvalue weighted by atomic mass is 10.1. The molecule has 1 aromatic carbocycles. The van der Waals surface area contributed by atoms with Crippen molar-refractivity contribution in [3.63, 3.8) is 0 Å². The van der Waals surface area contributed by atoms with Crippen LogP contribution in [0, 0.1) is 6.92 Å². The first kappa shape index (κ1) is 13.8. The van der Waals surface area contributed by atoms with Gasteiger partial charge in [0.25, 0.3) is 5.91 Å². The summed E-state index contributed by atoms with van der Waals surface area (Å²) in [7, 11) is 0. The van der Waals surface area contributed by atoms with Crippen LogP contribution in [0.15, 0.2) is 22.7 Å². The highest BCUT2D eigenvalue weighted by Gasteiger charge is 2.25. The second-order valence-electron chi connectivity index (χ2n) is 4.38. The van der Waals surface area contributed by atoms with Gasteiger partial charge in [-0.15, -0.1) is 11.6 Å². The molecule has 18 heavy (non-hydrogen) atoms. The Kier molecular flexibility index (Phi) is 4.65. The molecule has 0 spiro atoms. The zero-order chi connectivity index (χ0) is 13.1. The summed E-state index contributed by atoms with van der Waals surface area (Å²) < 4.78 is 6.29. The number of halogens is 2. The number of aryl methyl sites for hydroxylation is 1. The van der Waals surface area contributed by atoms with E-state index in [0.29, 0.717) is 31.1 Å². The summed E-state index contributed by atoms with van der Waals surface area (Å²) >= 11 is 9.21. The molecule has 1 aliphatic heterocycles. The molecule has 1 aromatic rings. The van der Waals surface area contributed by atoms with Crippen LogP contribution in [0.3, 0.4) is 0 Å². The summed E-state index contributed by atoms with van der Waals surface area (Å²) in [6.45, 7) is 3.70. The Bertz CT molecular complexity index is 453. The molecule has 1 aliphatic rings. The summed E-state index contributed by atoms with van der Waals surface area (Å²) in [5.41, 5.74) is 1.77. The fourth-order valence-corrected chi connectivity index (χ4v) is 2.57. The highest BCUT2D eigenvalue weighted by Crippen LogP contribution is 2.21. The summed E-state index contributed by atoms with van der Waals surface area (Å²) in [5, 5.41) is 0. The molecule has 1 atom stereocenters. The fraction of sp³-hybridized carbons (Fsp3) is 0.462. The van der Waals surface area contributed by atoms with E-state index in [0.717, 1.165) is 10.0 Å². The molecule has 2 rings (SSSR count). The Labute approximate surface area is 120 Å². The SMILES string of the molecule is Cc1ccc(Br)c(C(=O)N2CCOC(CCl)C2)c1. The monoisotopic (exact) mass is 331 g/mol. The first-order chi connectivity index (χ1) is 8.61. The number of ether oxygens (including phenoxy) is 1. The number of hydrogen-bond acceptors (Lipinski definition) is 2. The third-order valence-corrected chi connectivity index (χ3v) is 3.99. The molecule has 5 heteroatoms. The van der Waals surface area contributed by atoms with Gasteiger partial charge in [0.1, 0.15) is 0 Å². The van der Waals surface area contributed by atoms with Gasteiger partial charge in [-0.2, -0.15) is 0 Å². The molecule has 1 fully saturated rings. The fourth-order valence-electron chi connectivity index (χ4n) is 1.97. The van der Waals surface area contributed by atoms with Gasteiger partial charge in [-0.1, -0.05) is 11.6 Å². The molecular weight excluding hydrogens is 318 g/mol. The van der Waals surface area contributed by atoms with E-state index >= 15 is 0 Å². The smallest absolute Gasteiger partial charge is 0.255 e. The van der Waals surface area contributed by atoms with Crippen LogP contribution >= 0.6 is 27.5 Å². The molecule has 1 saturated heterocycles. The van der Waals surface area contributed by atoms with Gasteiger partial charge >= 0.3 is 0 Å². The van der Waals surface area contributed by atoms with Crippen LogP contribution in [0.4, 0.5) is 0 Å². The molecule has 0 aromatic heterocycles. The van der Waals surface area contributed by atoms with Gasteiger partial charge in [0, 0.05) is 17.6 Å². The van der Waals surface area contributed by atoms with Gasteiger partial charge < -0.3 is 9.64 Å². The predicted molar refractivity (Wildman–Crippen MR) is 75.2 cm³/mol. The summed E-state index contributed by atoms with van der Waals surface area (Å²) in [4.78, 5) is 14.2. The number of nitrogens with zero attached hydrogens (tertiary/aromatic N) is 1. The number of alkyl halides is 1. The van der Waals surface area contributed by atoms with Gasteiger partial charge in [0.2, 0.25) is 0 Å². The van der Waals surface area contributed by atoms with Crippen LogP contribution in [-0.4, -0.2) is 42.5 Å². The lowest BCUT2D eigenvalue weighted by Crippen LogP contribution is -2.46. The number of benzene rings is 1. The van der Waals surface area contributed by atoms with Crippen LogP contribution in [0.5, 0.6) is 0 Å². The molecule has 1 heterocycles. The molecule has 3 nitrogen and oxygen atoms in total. The minimum Gasteiger partial charge on any atom is -0.373 e. The number of carbonyl (C=O) groups is 1. The first-order valence-electron chi connectivity index (χ1n) is 5.85. The second-order valence-corrected chi connectivity index (χ2v) is 5.54. The van der Waals surface area contributed by atoms with Crippen LogP contribution in [0.25, 0.3) is 0 Å². The third kappa shape index (κ3) is 3.05.